The van der Waals surface area contributed by atoms with Crippen LogP contribution in [0.5, 0.6) is 6.01 Å². The molecule has 2 amide bonds. The van der Waals surface area contributed by atoms with Crippen LogP contribution in [0.2, 0.25) is 5.02 Å². The van der Waals surface area contributed by atoms with Gasteiger partial charge >= 0.3 is 71.9 Å². The van der Waals surface area contributed by atoms with Crippen LogP contribution >= 0.6 is 45.8 Å². The third kappa shape index (κ3) is 20.4. The average molecular weight is 1600 g/mol. The van der Waals surface area contributed by atoms with Gasteiger partial charge in [-0.25, -0.2) is 45.2 Å². The molecule has 9 rings (SSSR count). The Kier molecular flexibility index (Phi) is 28.9. The van der Waals surface area contributed by atoms with Crippen LogP contribution in [0.15, 0.2) is 134 Å². The molecule has 0 bridgehead atoms. The summed E-state index contributed by atoms with van der Waals surface area (Å²) >= 11 is 13.8. The van der Waals surface area contributed by atoms with Gasteiger partial charge in [0.15, 0.2) is 38.9 Å². The first-order valence-electron chi connectivity index (χ1n) is 28.4. The molecule has 5 aromatic carbocycles. The molecule has 0 saturated heterocycles. The Balaban J connectivity index is 0.000000240. The molecular formula is C61H57Cl2F6IN11NaO16S2. The van der Waals surface area contributed by atoms with Gasteiger partial charge in [-0.2, -0.15) is 36.6 Å². The number of carbonyl (C=O) groups is 5. The second kappa shape index (κ2) is 35.2. The molecule has 4 heterocycles. The van der Waals surface area contributed by atoms with Crippen LogP contribution < -0.4 is 50.9 Å². The summed E-state index contributed by atoms with van der Waals surface area (Å²) in [5.74, 6) is -4.17. The van der Waals surface area contributed by atoms with Gasteiger partial charge in [-0.3, -0.25) is 29.0 Å². The molecule has 39 heteroatoms. The molecule has 3 aromatic heterocycles. The van der Waals surface area contributed by atoms with Crippen molar-refractivity contribution in [2.24, 2.45) is 12.2 Å². The van der Waals surface area contributed by atoms with Crippen molar-refractivity contribution >= 4 is 107 Å². The minimum absolute atomic E-state index is 0. The molecule has 1 unspecified atom stereocenters. The molecule has 0 spiro atoms. The van der Waals surface area contributed by atoms with E-state index >= 15 is 0 Å². The molecule has 27 nitrogen and oxygen atoms in total. The van der Waals surface area contributed by atoms with Gasteiger partial charge in [0.25, 0.3) is 5.56 Å². The van der Waals surface area contributed by atoms with Gasteiger partial charge in [0.2, 0.25) is 15.8 Å². The second-order valence-corrected chi connectivity index (χ2v) is 26.1. The Hall–Kier alpha value is -8.53. The van der Waals surface area contributed by atoms with Crippen LogP contribution in [0.25, 0.3) is 10.4 Å². The molecule has 8 aromatic rings. The fraction of sp³-hybridized carbons (Fsp3) is 0.279. The van der Waals surface area contributed by atoms with Crippen molar-refractivity contribution in [3.63, 3.8) is 0 Å². The largest absolute Gasteiger partial charge is 1.00 e. The number of nitrogens with zero attached hydrogens (tertiary/aromatic N) is 9. The van der Waals surface area contributed by atoms with Crippen molar-refractivity contribution in [3.05, 3.63) is 205 Å². The van der Waals surface area contributed by atoms with Crippen LogP contribution in [0.1, 0.15) is 92.7 Å². The molecule has 528 valence electrons. The molecule has 1 atom stereocenters. The molecule has 0 aliphatic carbocycles. The summed E-state index contributed by atoms with van der Waals surface area (Å²) in [5, 5.41) is 11.2. The summed E-state index contributed by atoms with van der Waals surface area (Å²) in [6.07, 6.45) is -3.82. The van der Waals surface area contributed by atoms with Crippen LogP contribution in [0.4, 0.5) is 37.1 Å². The normalized spacial score (nSPS) is 12.6. The minimum Gasteiger partial charge on any atom is -0.467 e. The van der Waals surface area contributed by atoms with E-state index in [1.807, 2.05) is 83.3 Å². The number of amides is 2. The number of hydrogen-bond donors (Lipinski definition) is 2. The quantitative estimate of drug-likeness (QED) is 0.0165. The summed E-state index contributed by atoms with van der Waals surface area (Å²) in [7, 11) is -4.85. The maximum absolute atomic E-state index is 14.2. The number of nitrogens with one attached hydrogen (secondary N) is 2. The number of urea groups is 1. The smallest absolute Gasteiger partial charge is 0.467 e. The number of halogens is 9. The Bertz CT molecular complexity index is 4700. The van der Waals surface area contributed by atoms with Gasteiger partial charge in [0.05, 0.1) is 54.8 Å². The first kappa shape index (κ1) is 82.1. The number of benzene rings is 5. The van der Waals surface area contributed by atoms with E-state index in [2.05, 4.69) is 45.1 Å². The fourth-order valence-electron chi connectivity index (χ4n) is 9.07. The van der Waals surface area contributed by atoms with E-state index in [4.69, 9.17) is 42.3 Å². The Morgan fingerprint density at radius 3 is 1.95 bits per heavy atom. The number of esters is 3. The molecule has 0 saturated carbocycles. The molecule has 2 N–H and O–H groups in total. The summed E-state index contributed by atoms with van der Waals surface area (Å²) in [5.41, 5.74) is -2.65. The van der Waals surface area contributed by atoms with Crippen molar-refractivity contribution in [1.29, 1.82) is 0 Å². The van der Waals surface area contributed by atoms with Crippen molar-refractivity contribution in [2.75, 3.05) is 39.0 Å². The first-order valence-corrected chi connectivity index (χ1v) is 33.6. The first-order chi connectivity index (χ1) is 46.4. The number of sulfonamides is 1. The Labute approximate surface area is 611 Å². The van der Waals surface area contributed by atoms with Gasteiger partial charge in [0.1, 0.15) is 28.3 Å². The number of rotatable bonds is 18. The number of ether oxygens (including phenoxy) is 4. The van der Waals surface area contributed by atoms with Crippen LogP contribution in [-0.2, 0) is 73.7 Å². The molecule has 0 radical (unpaired) electrons. The number of carbonyl (C=O) groups excluding carboxylic acids is 5. The van der Waals surface area contributed by atoms with Crippen LogP contribution in [0, 0.1) is 30.2 Å². The van der Waals surface area contributed by atoms with Crippen LogP contribution in [-0.4, -0.2) is 130 Å². The number of oxime groups is 1. The van der Waals surface area contributed by atoms with Crippen LogP contribution in [0.3, 0.4) is 0 Å². The van der Waals surface area contributed by atoms with Gasteiger partial charge in [-0.1, -0.05) is 77.4 Å². The second-order valence-electron chi connectivity index (χ2n) is 20.4. The van der Waals surface area contributed by atoms with Crippen molar-refractivity contribution in [1.82, 2.24) is 39.1 Å². The predicted octanol–water partition coefficient (Wildman–Crippen LogP) is 7.07. The number of hydrogen-bond acceptors (Lipinski definition) is 21. The molecule has 0 fully saturated rings. The monoisotopic (exact) mass is 1600 g/mol. The van der Waals surface area contributed by atoms with Gasteiger partial charge in [-0.05, 0) is 111 Å². The number of methoxy groups -OCH3 is 2. The maximum Gasteiger partial charge on any atom is 1.00 e. The van der Waals surface area contributed by atoms with Crippen molar-refractivity contribution in [3.8, 4) is 11.7 Å². The molecule has 100 heavy (non-hydrogen) atoms. The SMILES string of the molecule is CCOC(=O)C(Cl)Cc1cc(-n2nc(C)n(C(F)F)c2=O)c(F)cc1Cl.CCOC(=O)C1=NOC(c2ccccc2)(c2ccccc2)C1.COC(=O)c1ccc(I)cc1S(=O)(=O)[N-]C(=O)Nc1nc(C)nc(OC)n1.Cc1[nH]n(C)c(=O)c1C(=O)c1ccc(C(F)(F)F)cc1S(C)(=O)=O.[Na+]. The third-order valence-corrected chi connectivity index (χ3v) is 17.3. The summed E-state index contributed by atoms with van der Waals surface area (Å²) in [4.78, 5) is 100. The van der Waals surface area contributed by atoms with Crippen molar-refractivity contribution < 1.29 is 120 Å². The predicted molar refractivity (Wildman–Crippen MR) is 352 cm³/mol. The molecule has 1 aliphatic rings. The Morgan fingerprint density at radius 2 is 1.43 bits per heavy atom. The summed E-state index contributed by atoms with van der Waals surface area (Å²) in [6, 6.07) is 26.1. The number of aromatic amines is 1. The zero-order valence-corrected chi connectivity index (χ0v) is 61.5. The Morgan fingerprint density at radius 1 is 0.830 bits per heavy atom. The van der Waals surface area contributed by atoms with E-state index in [9.17, 15) is 76.7 Å². The number of H-pyrrole nitrogens is 1. The maximum atomic E-state index is 14.2. The van der Waals surface area contributed by atoms with Crippen molar-refractivity contribution in [2.45, 2.75) is 81.0 Å². The third-order valence-electron chi connectivity index (χ3n) is 13.5. The molecular weight excluding hydrogens is 1540 g/mol. The summed E-state index contributed by atoms with van der Waals surface area (Å²) in [6.45, 7) is 4.86. The number of ketones is 1. The van der Waals surface area contributed by atoms with E-state index in [1.54, 1.807) is 13.8 Å². The van der Waals surface area contributed by atoms with E-state index in [-0.39, 0.29) is 104 Å². The van der Waals surface area contributed by atoms with E-state index in [0.29, 0.717) is 45.4 Å². The topological polar surface area (TPSA) is 355 Å². The van der Waals surface area contributed by atoms with E-state index in [0.717, 1.165) is 41.1 Å². The fourth-order valence-corrected chi connectivity index (χ4v) is 12.2. The molecule has 1 aliphatic heterocycles. The van der Waals surface area contributed by atoms with E-state index < -0.39 is 111 Å². The zero-order valence-electron chi connectivity index (χ0n) is 54.2. The standard InChI is InChI=1S/C18H17NO3.C15H14Cl2F3N3O3.C14H13F3N2O4S.C14H14IN5O6S.Na/c1-2-21-17(20)16-13-18(22-19-16,14-9-5-3-6-10-14)15-11-7-4-8-12-15;1-3-26-13(24)10(17)4-8-5-12(11(18)6-9(8)16)23-15(25)22(14(19)20)7(2)21-23;1-7-11(13(21)19(2)18-7)12(20)9-5-4-8(14(15,16)17)6-10(9)24(3,22)23;1-7-16-12(19-14(17-7)26-3)18-13(22)20-27(23,24)10-6-8(15)4-5-9(10)11(21)25-2;/h3-12H,2,13H2,1H3;5-6,10,14H,3-4H2,1-2H3;4-6,18H,1-3H3;4-6H,1-3H3,(H2,16,17,18,19,20,22);/q;;;;+1/p-1. The summed E-state index contributed by atoms with van der Waals surface area (Å²) < 4.78 is 152. The number of aromatic nitrogens is 8. The van der Waals surface area contributed by atoms with Gasteiger partial charge in [-0.15, -0.1) is 16.7 Å². The van der Waals surface area contributed by atoms with Gasteiger partial charge < -0.3 is 33.8 Å². The number of sulfone groups is 1. The zero-order chi connectivity index (χ0) is 73.6. The number of alkyl halides is 6. The minimum atomic E-state index is -4.76. The van der Waals surface area contributed by atoms with E-state index in [1.165, 1.54) is 53.1 Å². The van der Waals surface area contributed by atoms with Gasteiger partial charge in [0, 0.05) is 50.7 Å². The number of anilines is 1. The average Bonchev–Trinajstić information content (AvgIpc) is 1.52. The number of aryl methyl sites for hydroxylation is 4.